The van der Waals surface area contributed by atoms with Crippen molar-refractivity contribution in [1.82, 2.24) is 0 Å². The van der Waals surface area contributed by atoms with E-state index in [1.807, 2.05) is 18.2 Å². The van der Waals surface area contributed by atoms with Gasteiger partial charge in [0.1, 0.15) is 5.82 Å². The van der Waals surface area contributed by atoms with Crippen molar-refractivity contribution in [3.8, 4) is 0 Å². The summed E-state index contributed by atoms with van der Waals surface area (Å²) in [5.74, 6) is 0.195. The second-order valence-corrected chi connectivity index (χ2v) is 7.87. The molecule has 0 N–H and O–H groups in total. The third-order valence-electron chi connectivity index (χ3n) is 5.52. The molecule has 0 saturated carbocycles. The first kappa shape index (κ1) is 18.6. The molecule has 2 nitrogen and oxygen atoms in total. The second-order valence-electron chi connectivity index (χ2n) is 7.87. The van der Waals surface area contributed by atoms with E-state index in [9.17, 15) is 4.39 Å². The van der Waals surface area contributed by atoms with Crippen LogP contribution in [0.3, 0.4) is 0 Å². The highest BCUT2D eigenvalue weighted by atomic mass is 19.1. The molecule has 3 rings (SSSR count). The molecule has 0 radical (unpaired) electrons. The minimum Gasteiger partial charge on any atom is -0.366 e. The molecular weight excluding hydrogens is 323 g/mol. The standard InChI is InChI=1S/C23H29FN2/c1-6-17-8-10-19(11-9-17)25-15-18-12-20-16(3)14-23(4,5)26(7-2)22(20)13-21(18)24/h8-13,15-16H,6-7,14H2,1-5H3. The third kappa shape index (κ3) is 3.53. The lowest BCUT2D eigenvalue weighted by atomic mass is 9.79. The van der Waals surface area contributed by atoms with Crippen molar-refractivity contribution in [1.29, 1.82) is 0 Å². The van der Waals surface area contributed by atoms with E-state index in [1.54, 1.807) is 12.3 Å². The van der Waals surface area contributed by atoms with E-state index in [-0.39, 0.29) is 11.4 Å². The maximum absolute atomic E-state index is 14.8. The van der Waals surface area contributed by atoms with Crippen molar-refractivity contribution in [3.05, 3.63) is 58.9 Å². The molecule has 0 aliphatic carbocycles. The summed E-state index contributed by atoms with van der Waals surface area (Å²) in [6.45, 7) is 11.9. The molecule has 0 fully saturated rings. The Balaban J connectivity index is 1.95. The largest absolute Gasteiger partial charge is 0.366 e. The lowest BCUT2D eigenvalue weighted by molar-refractivity contribution is 0.380. The predicted octanol–water partition coefficient (Wildman–Crippen LogP) is 6.25. The Morgan fingerprint density at radius 1 is 1.19 bits per heavy atom. The number of benzene rings is 2. The summed E-state index contributed by atoms with van der Waals surface area (Å²) in [4.78, 5) is 6.79. The minimum atomic E-state index is -0.207. The molecule has 138 valence electrons. The maximum Gasteiger partial charge on any atom is 0.134 e. The van der Waals surface area contributed by atoms with Crippen LogP contribution in [0.1, 0.15) is 63.6 Å². The topological polar surface area (TPSA) is 15.6 Å². The van der Waals surface area contributed by atoms with Gasteiger partial charge < -0.3 is 4.90 Å². The van der Waals surface area contributed by atoms with Gasteiger partial charge in [0, 0.05) is 29.5 Å². The molecule has 1 unspecified atom stereocenters. The molecule has 1 aliphatic heterocycles. The average Bonchev–Trinajstić information content (AvgIpc) is 2.60. The van der Waals surface area contributed by atoms with Crippen LogP contribution < -0.4 is 4.90 Å². The minimum absolute atomic E-state index is 0.0459. The predicted molar refractivity (Wildman–Crippen MR) is 110 cm³/mol. The fourth-order valence-corrected chi connectivity index (χ4v) is 4.18. The summed E-state index contributed by atoms with van der Waals surface area (Å²) in [5.41, 5.74) is 4.98. The molecule has 0 aromatic heterocycles. The van der Waals surface area contributed by atoms with Gasteiger partial charge in [-0.2, -0.15) is 0 Å². The summed E-state index contributed by atoms with van der Waals surface area (Å²) >= 11 is 0. The van der Waals surface area contributed by atoms with Gasteiger partial charge in [0.25, 0.3) is 0 Å². The Hall–Kier alpha value is -2.16. The SMILES string of the molecule is CCc1ccc(N=Cc2cc3c(cc2F)N(CC)C(C)(C)CC3C)cc1. The van der Waals surface area contributed by atoms with Crippen LogP contribution in [0.15, 0.2) is 41.4 Å². The number of halogens is 1. The summed E-state index contributed by atoms with van der Waals surface area (Å²) in [7, 11) is 0. The van der Waals surface area contributed by atoms with Crippen molar-refractivity contribution in [2.45, 2.75) is 58.9 Å². The van der Waals surface area contributed by atoms with Crippen LogP contribution in [0.5, 0.6) is 0 Å². The summed E-state index contributed by atoms with van der Waals surface area (Å²) in [6.07, 6.45) is 3.72. The number of hydrogen-bond donors (Lipinski definition) is 0. The highest BCUT2D eigenvalue weighted by Gasteiger charge is 2.36. The van der Waals surface area contributed by atoms with Crippen molar-refractivity contribution in [2.75, 3.05) is 11.4 Å². The van der Waals surface area contributed by atoms with E-state index >= 15 is 0 Å². The highest BCUT2D eigenvalue weighted by molar-refractivity contribution is 5.84. The fourth-order valence-electron chi connectivity index (χ4n) is 4.18. The number of aliphatic imine (C=N–C) groups is 1. The van der Waals surface area contributed by atoms with Gasteiger partial charge in [0.15, 0.2) is 0 Å². The zero-order valence-corrected chi connectivity index (χ0v) is 16.5. The molecule has 0 spiro atoms. The van der Waals surface area contributed by atoms with Gasteiger partial charge in [0.05, 0.1) is 5.69 Å². The monoisotopic (exact) mass is 352 g/mol. The first-order valence-corrected chi connectivity index (χ1v) is 9.59. The molecule has 0 amide bonds. The Morgan fingerprint density at radius 2 is 1.88 bits per heavy atom. The van der Waals surface area contributed by atoms with Gasteiger partial charge >= 0.3 is 0 Å². The summed E-state index contributed by atoms with van der Waals surface area (Å²) in [6, 6.07) is 11.8. The lowest BCUT2D eigenvalue weighted by Gasteiger charge is -2.47. The molecule has 1 aliphatic rings. The van der Waals surface area contributed by atoms with Crippen LogP contribution in [0, 0.1) is 5.82 Å². The van der Waals surface area contributed by atoms with Crippen molar-refractivity contribution in [2.24, 2.45) is 4.99 Å². The van der Waals surface area contributed by atoms with E-state index in [0.29, 0.717) is 11.5 Å². The van der Waals surface area contributed by atoms with Gasteiger partial charge in [-0.3, -0.25) is 4.99 Å². The van der Waals surface area contributed by atoms with Crippen LogP contribution in [0.4, 0.5) is 15.8 Å². The quantitative estimate of drug-likeness (QED) is 0.594. The number of hydrogen-bond acceptors (Lipinski definition) is 2. The first-order valence-electron chi connectivity index (χ1n) is 9.59. The number of fused-ring (bicyclic) bond motifs is 1. The van der Waals surface area contributed by atoms with Crippen LogP contribution >= 0.6 is 0 Å². The van der Waals surface area contributed by atoms with E-state index in [4.69, 9.17) is 0 Å². The molecular formula is C23H29FN2. The third-order valence-corrected chi connectivity index (χ3v) is 5.52. The average molecular weight is 352 g/mol. The zero-order valence-electron chi connectivity index (χ0n) is 16.5. The van der Waals surface area contributed by atoms with E-state index in [2.05, 4.69) is 56.6 Å². The summed E-state index contributed by atoms with van der Waals surface area (Å²) in [5, 5.41) is 0. The lowest BCUT2D eigenvalue weighted by Crippen LogP contribution is -2.48. The first-order chi connectivity index (χ1) is 12.4. The molecule has 1 atom stereocenters. The Morgan fingerprint density at radius 3 is 2.50 bits per heavy atom. The van der Waals surface area contributed by atoms with Crippen LogP contribution in [-0.4, -0.2) is 18.3 Å². The number of aryl methyl sites for hydroxylation is 1. The van der Waals surface area contributed by atoms with E-state index < -0.39 is 0 Å². The highest BCUT2D eigenvalue weighted by Crippen LogP contribution is 2.43. The smallest absolute Gasteiger partial charge is 0.134 e. The number of anilines is 1. The molecule has 2 aromatic carbocycles. The Labute approximate surface area is 156 Å². The number of rotatable bonds is 4. The van der Waals surface area contributed by atoms with Gasteiger partial charge in [-0.1, -0.05) is 26.0 Å². The molecule has 2 aromatic rings. The Kier molecular flexibility index (Phi) is 5.17. The molecule has 1 heterocycles. The fraction of sp³-hybridized carbons (Fsp3) is 0.435. The van der Waals surface area contributed by atoms with E-state index in [1.165, 1.54) is 11.1 Å². The molecule has 0 bridgehead atoms. The zero-order chi connectivity index (χ0) is 18.9. The van der Waals surface area contributed by atoms with Gasteiger partial charge in [-0.15, -0.1) is 0 Å². The van der Waals surface area contributed by atoms with Gasteiger partial charge in [-0.25, -0.2) is 4.39 Å². The van der Waals surface area contributed by atoms with E-state index in [0.717, 1.165) is 30.8 Å². The van der Waals surface area contributed by atoms with Crippen molar-refractivity contribution < 1.29 is 4.39 Å². The molecule has 26 heavy (non-hydrogen) atoms. The Bertz CT molecular complexity index is 806. The molecule has 3 heteroatoms. The van der Waals surface area contributed by atoms with Crippen LogP contribution in [0.2, 0.25) is 0 Å². The van der Waals surface area contributed by atoms with Crippen molar-refractivity contribution >= 4 is 17.6 Å². The molecule has 0 saturated heterocycles. The van der Waals surface area contributed by atoms with Gasteiger partial charge in [0.2, 0.25) is 0 Å². The van der Waals surface area contributed by atoms with Crippen LogP contribution in [0.25, 0.3) is 0 Å². The van der Waals surface area contributed by atoms with Crippen molar-refractivity contribution in [3.63, 3.8) is 0 Å². The number of nitrogens with zero attached hydrogens (tertiary/aromatic N) is 2. The second kappa shape index (κ2) is 7.22. The normalized spacial score (nSPS) is 19.0. The maximum atomic E-state index is 14.8. The van der Waals surface area contributed by atoms with Gasteiger partial charge in [-0.05, 0) is 74.9 Å². The summed E-state index contributed by atoms with van der Waals surface area (Å²) < 4.78 is 14.8. The van der Waals surface area contributed by atoms with Crippen LogP contribution in [-0.2, 0) is 6.42 Å².